The van der Waals surface area contributed by atoms with Gasteiger partial charge in [0.15, 0.2) is 17.6 Å². The summed E-state index contributed by atoms with van der Waals surface area (Å²) in [6.07, 6.45) is 3.37. The third-order valence-electron chi connectivity index (χ3n) is 4.28. The molecule has 142 valence electrons. The van der Waals surface area contributed by atoms with Crippen molar-refractivity contribution in [2.24, 2.45) is 7.05 Å². The van der Waals surface area contributed by atoms with Gasteiger partial charge in [-0.15, -0.1) is 12.4 Å². The van der Waals surface area contributed by atoms with Crippen molar-refractivity contribution in [3.05, 3.63) is 42.2 Å². The zero-order valence-electron chi connectivity index (χ0n) is 15.2. The minimum absolute atomic E-state index is 0. The van der Waals surface area contributed by atoms with Crippen molar-refractivity contribution < 1.29 is 14.3 Å². The number of halogens is 1. The van der Waals surface area contributed by atoms with E-state index in [0.717, 1.165) is 17.1 Å². The highest BCUT2D eigenvalue weighted by Gasteiger charge is 2.29. The maximum absolute atomic E-state index is 13.0. The average Bonchev–Trinajstić information content (AvgIpc) is 3.06. The van der Waals surface area contributed by atoms with Crippen LogP contribution in [0, 0.1) is 0 Å². The molecule has 7 nitrogen and oxygen atoms in total. The number of hydrogen-bond acceptors (Lipinski definition) is 5. The number of aryl methyl sites for hydroxylation is 1. The lowest BCUT2D eigenvalue weighted by Gasteiger charge is -2.32. The molecule has 0 radical (unpaired) electrons. The van der Waals surface area contributed by atoms with Crippen molar-refractivity contribution in [3.8, 4) is 11.5 Å². The number of benzene rings is 1. The first-order valence-corrected chi connectivity index (χ1v) is 8.45. The fourth-order valence-electron chi connectivity index (χ4n) is 2.98. The largest absolute Gasteiger partial charge is 0.486 e. The van der Waals surface area contributed by atoms with Gasteiger partial charge < -0.3 is 19.7 Å². The quantitative estimate of drug-likeness (QED) is 0.827. The highest BCUT2D eigenvalue weighted by Crippen LogP contribution is 2.31. The smallest absolute Gasteiger partial charge is 0.244 e. The van der Waals surface area contributed by atoms with E-state index in [0.29, 0.717) is 19.7 Å². The third-order valence-corrected chi connectivity index (χ3v) is 4.28. The minimum atomic E-state index is -0.426. The van der Waals surface area contributed by atoms with E-state index in [2.05, 4.69) is 10.4 Å². The van der Waals surface area contributed by atoms with Crippen molar-refractivity contribution in [2.45, 2.75) is 19.1 Å². The number of aromatic nitrogens is 2. The van der Waals surface area contributed by atoms with E-state index in [1.54, 1.807) is 22.8 Å². The molecule has 3 rings (SSSR count). The number of amides is 1. The molecule has 0 aliphatic carbocycles. The summed E-state index contributed by atoms with van der Waals surface area (Å²) in [6, 6.07) is 7.16. The Kier molecular flexibility index (Phi) is 6.88. The number of para-hydroxylation sites is 2. The first-order valence-electron chi connectivity index (χ1n) is 8.45. The molecule has 0 saturated carbocycles. The molecule has 0 spiro atoms. The minimum Gasteiger partial charge on any atom is -0.486 e. The molecule has 1 N–H and O–H groups in total. The molecule has 1 aromatic carbocycles. The van der Waals surface area contributed by atoms with Gasteiger partial charge in [0, 0.05) is 25.4 Å². The standard InChI is InChI=1S/C18H24N4O3.ClH/c1-4-22(18(23)17(19-2)13-9-20-21(3)10-13)11-14-12-24-15-7-5-6-8-16(15)25-14;/h5-10,14,17,19H,4,11-12H2,1-3H3;1H. The zero-order valence-corrected chi connectivity index (χ0v) is 16.0. The van der Waals surface area contributed by atoms with Gasteiger partial charge in [-0.1, -0.05) is 12.1 Å². The summed E-state index contributed by atoms with van der Waals surface area (Å²) < 4.78 is 13.4. The Bertz CT molecular complexity index is 737. The van der Waals surface area contributed by atoms with Gasteiger partial charge in [-0.3, -0.25) is 9.48 Å². The predicted octanol–water partition coefficient (Wildman–Crippen LogP) is 1.79. The number of carbonyl (C=O) groups excluding carboxylic acids is 1. The summed E-state index contributed by atoms with van der Waals surface area (Å²) in [6.45, 7) is 3.46. The number of likely N-dealkylation sites (N-methyl/N-ethyl adjacent to an activating group) is 2. The number of ether oxygens (including phenoxy) is 2. The van der Waals surface area contributed by atoms with Crippen LogP contribution in [-0.4, -0.2) is 53.4 Å². The summed E-state index contributed by atoms with van der Waals surface area (Å²) in [4.78, 5) is 14.8. The molecule has 2 heterocycles. The van der Waals surface area contributed by atoms with Crippen LogP contribution in [0.1, 0.15) is 18.5 Å². The van der Waals surface area contributed by atoms with E-state index in [4.69, 9.17) is 9.47 Å². The SMILES string of the molecule is CCN(CC1COc2ccccc2O1)C(=O)C(NC)c1cnn(C)c1.Cl. The second kappa shape index (κ2) is 8.91. The van der Waals surface area contributed by atoms with Gasteiger partial charge in [0.1, 0.15) is 12.6 Å². The Balaban J connectivity index is 0.00000243. The normalized spacial score (nSPS) is 16.5. The number of carbonyl (C=O) groups is 1. The maximum Gasteiger partial charge on any atom is 0.244 e. The average molecular weight is 381 g/mol. The van der Waals surface area contributed by atoms with Crippen LogP contribution in [0.15, 0.2) is 36.7 Å². The van der Waals surface area contributed by atoms with Gasteiger partial charge in [-0.25, -0.2) is 0 Å². The molecular weight excluding hydrogens is 356 g/mol. The molecule has 0 fully saturated rings. The summed E-state index contributed by atoms with van der Waals surface area (Å²) >= 11 is 0. The number of nitrogens with one attached hydrogen (secondary N) is 1. The van der Waals surface area contributed by atoms with Gasteiger partial charge in [0.25, 0.3) is 0 Å². The van der Waals surface area contributed by atoms with Gasteiger partial charge in [-0.05, 0) is 26.1 Å². The number of fused-ring (bicyclic) bond motifs is 1. The molecule has 0 bridgehead atoms. The van der Waals surface area contributed by atoms with Crippen LogP contribution >= 0.6 is 12.4 Å². The molecule has 8 heteroatoms. The van der Waals surface area contributed by atoms with Crippen molar-refractivity contribution >= 4 is 18.3 Å². The lowest BCUT2D eigenvalue weighted by atomic mass is 10.1. The molecule has 26 heavy (non-hydrogen) atoms. The Labute approximate surface area is 159 Å². The maximum atomic E-state index is 13.0. The fourth-order valence-corrected chi connectivity index (χ4v) is 2.98. The van der Waals surface area contributed by atoms with Crippen LogP contribution in [-0.2, 0) is 11.8 Å². The molecule has 1 aliphatic rings. The Morgan fingerprint density at radius 3 is 2.77 bits per heavy atom. The second-order valence-corrected chi connectivity index (χ2v) is 6.04. The van der Waals surface area contributed by atoms with Gasteiger partial charge >= 0.3 is 0 Å². The first-order chi connectivity index (χ1) is 12.1. The summed E-state index contributed by atoms with van der Waals surface area (Å²) in [7, 11) is 3.61. The van der Waals surface area contributed by atoms with Crippen LogP contribution in [0.5, 0.6) is 11.5 Å². The van der Waals surface area contributed by atoms with Gasteiger partial charge in [-0.2, -0.15) is 5.10 Å². The van der Waals surface area contributed by atoms with E-state index >= 15 is 0 Å². The number of nitrogens with zero attached hydrogens (tertiary/aromatic N) is 3. The van der Waals surface area contributed by atoms with Crippen molar-refractivity contribution in [1.82, 2.24) is 20.0 Å². The van der Waals surface area contributed by atoms with Gasteiger partial charge in [0.2, 0.25) is 5.91 Å². The zero-order chi connectivity index (χ0) is 17.8. The number of rotatable bonds is 6. The van der Waals surface area contributed by atoms with Crippen LogP contribution in [0.4, 0.5) is 0 Å². The summed E-state index contributed by atoms with van der Waals surface area (Å²) in [5, 5.41) is 7.24. The molecule has 2 unspecified atom stereocenters. The predicted molar refractivity (Wildman–Crippen MR) is 101 cm³/mol. The third kappa shape index (κ3) is 4.28. The van der Waals surface area contributed by atoms with E-state index in [9.17, 15) is 4.79 Å². The molecular formula is C18H25ClN4O3. The van der Waals surface area contributed by atoms with Crippen LogP contribution in [0.3, 0.4) is 0 Å². The molecule has 0 saturated heterocycles. The monoisotopic (exact) mass is 380 g/mol. The highest BCUT2D eigenvalue weighted by molar-refractivity contribution is 5.85. The number of hydrogen-bond donors (Lipinski definition) is 1. The van der Waals surface area contributed by atoms with Gasteiger partial charge in [0.05, 0.1) is 12.7 Å². The first kappa shape index (κ1) is 20.1. The van der Waals surface area contributed by atoms with Crippen LogP contribution < -0.4 is 14.8 Å². The van der Waals surface area contributed by atoms with Crippen LogP contribution in [0.2, 0.25) is 0 Å². The molecule has 1 amide bonds. The van der Waals surface area contributed by atoms with E-state index in [1.807, 2.05) is 44.4 Å². The van der Waals surface area contributed by atoms with Crippen molar-refractivity contribution in [2.75, 3.05) is 26.7 Å². The van der Waals surface area contributed by atoms with E-state index in [1.165, 1.54) is 0 Å². The van der Waals surface area contributed by atoms with Crippen molar-refractivity contribution in [3.63, 3.8) is 0 Å². The molecule has 1 aromatic heterocycles. The summed E-state index contributed by atoms with van der Waals surface area (Å²) in [5.41, 5.74) is 0.847. The van der Waals surface area contributed by atoms with E-state index in [-0.39, 0.29) is 24.4 Å². The molecule has 1 aliphatic heterocycles. The summed E-state index contributed by atoms with van der Waals surface area (Å²) in [5.74, 6) is 1.47. The molecule has 2 atom stereocenters. The van der Waals surface area contributed by atoms with Crippen molar-refractivity contribution in [1.29, 1.82) is 0 Å². The second-order valence-electron chi connectivity index (χ2n) is 6.04. The Morgan fingerprint density at radius 1 is 1.42 bits per heavy atom. The van der Waals surface area contributed by atoms with E-state index < -0.39 is 6.04 Å². The lowest BCUT2D eigenvalue weighted by molar-refractivity contribution is -0.134. The Hall–Kier alpha value is -2.25. The Morgan fingerprint density at radius 2 is 2.15 bits per heavy atom. The highest BCUT2D eigenvalue weighted by atomic mass is 35.5. The lowest BCUT2D eigenvalue weighted by Crippen LogP contribution is -2.47. The topological polar surface area (TPSA) is 68.6 Å². The molecule has 2 aromatic rings. The fraction of sp³-hybridized carbons (Fsp3) is 0.444. The van der Waals surface area contributed by atoms with Crippen LogP contribution in [0.25, 0.3) is 0 Å².